The molecule has 152 valence electrons. The molecule has 1 N–H and O–H groups in total. The first-order valence-corrected chi connectivity index (χ1v) is 10.8. The highest BCUT2D eigenvalue weighted by Gasteiger charge is 2.29. The van der Waals surface area contributed by atoms with Crippen LogP contribution in [0.25, 0.3) is 0 Å². The number of piperidine rings is 2. The van der Waals surface area contributed by atoms with Crippen molar-refractivity contribution in [1.82, 2.24) is 20.3 Å². The lowest BCUT2D eigenvalue weighted by molar-refractivity contribution is -0.132. The van der Waals surface area contributed by atoms with Gasteiger partial charge in [-0.05, 0) is 77.5 Å². The normalized spacial score (nSPS) is 24.1. The van der Waals surface area contributed by atoms with Crippen molar-refractivity contribution in [2.45, 2.75) is 58.9 Å². The fraction of sp³-hybridized carbons (Fsp3) is 0.810. The standard InChI is InChI=1S/C21H36N4O2/c1-3-25(4-2)21(26)13-17-8-9-22-15-18(17)12-19-14-20(27-23-19)16-24-10-6-5-7-11-24/h14,17-18,22H,3-13,15-16H2,1-2H3. The Labute approximate surface area is 163 Å². The molecule has 0 spiro atoms. The second kappa shape index (κ2) is 10.2. The summed E-state index contributed by atoms with van der Waals surface area (Å²) in [4.78, 5) is 17.0. The summed E-state index contributed by atoms with van der Waals surface area (Å²) in [6, 6.07) is 2.13. The first-order valence-electron chi connectivity index (χ1n) is 10.8. The lowest BCUT2D eigenvalue weighted by Gasteiger charge is -2.32. The van der Waals surface area contributed by atoms with Crippen molar-refractivity contribution < 1.29 is 9.32 Å². The molecular weight excluding hydrogens is 340 g/mol. The number of carbonyl (C=O) groups excluding carboxylic acids is 1. The van der Waals surface area contributed by atoms with E-state index in [1.165, 1.54) is 19.3 Å². The molecule has 0 aromatic carbocycles. The Bertz CT molecular complexity index is 578. The van der Waals surface area contributed by atoms with Gasteiger partial charge in [0.2, 0.25) is 5.91 Å². The number of rotatable bonds is 8. The van der Waals surface area contributed by atoms with Gasteiger partial charge in [-0.25, -0.2) is 0 Å². The van der Waals surface area contributed by atoms with Gasteiger partial charge in [0, 0.05) is 25.6 Å². The minimum Gasteiger partial charge on any atom is -0.360 e. The molecule has 3 rings (SSSR count). The van der Waals surface area contributed by atoms with Crippen LogP contribution in [0.3, 0.4) is 0 Å². The number of nitrogens with zero attached hydrogens (tertiary/aromatic N) is 3. The molecule has 2 aliphatic rings. The van der Waals surface area contributed by atoms with Crippen LogP contribution in [0, 0.1) is 11.8 Å². The summed E-state index contributed by atoms with van der Waals surface area (Å²) in [5, 5.41) is 7.83. The highest BCUT2D eigenvalue weighted by Crippen LogP contribution is 2.27. The fourth-order valence-corrected chi connectivity index (χ4v) is 4.55. The number of hydrogen-bond donors (Lipinski definition) is 1. The SMILES string of the molecule is CCN(CC)C(=O)CC1CCNCC1Cc1cc(CN2CCCCC2)on1. The fourth-order valence-electron chi connectivity index (χ4n) is 4.55. The molecule has 27 heavy (non-hydrogen) atoms. The Morgan fingerprint density at radius 2 is 2.04 bits per heavy atom. The first kappa shape index (κ1) is 20.3. The molecule has 6 nitrogen and oxygen atoms in total. The molecule has 2 saturated heterocycles. The third-order valence-corrected chi connectivity index (χ3v) is 6.23. The second-order valence-corrected chi connectivity index (χ2v) is 8.11. The highest BCUT2D eigenvalue weighted by molar-refractivity contribution is 5.76. The Kier molecular flexibility index (Phi) is 7.70. The summed E-state index contributed by atoms with van der Waals surface area (Å²) in [5.41, 5.74) is 1.04. The highest BCUT2D eigenvalue weighted by atomic mass is 16.5. The number of likely N-dealkylation sites (tertiary alicyclic amines) is 1. The number of amides is 1. The zero-order valence-electron chi connectivity index (χ0n) is 17.1. The van der Waals surface area contributed by atoms with Crippen LogP contribution < -0.4 is 5.32 Å². The van der Waals surface area contributed by atoms with Gasteiger partial charge in [0.15, 0.2) is 5.76 Å². The summed E-state index contributed by atoms with van der Waals surface area (Å²) in [5.74, 6) is 2.15. The van der Waals surface area contributed by atoms with Crippen LogP contribution in [0.4, 0.5) is 0 Å². The monoisotopic (exact) mass is 376 g/mol. The third-order valence-electron chi connectivity index (χ3n) is 6.23. The molecule has 0 bridgehead atoms. The Morgan fingerprint density at radius 1 is 1.26 bits per heavy atom. The van der Waals surface area contributed by atoms with E-state index in [9.17, 15) is 4.79 Å². The smallest absolute Gasteiger partial charge is 0.222 e. The molecule has 6 heteroatoms. The average molecular weight is 377 g/mol. The van der Waals surface area contributed by atoms with Crippen LogP contribution in [0.2, 0.25) is 0 Å². The molecule has 0 saturated carbocycles. The van der Waals surface area contributed by atoms with Crippen molar-refractivity contribution in [2.24, 2.45) is 11.8 Å². The van der Waals surface area contributed by atoms with Crippen molar-refractivity contribution in [3.63, 3.8) is 0 Å². The maximum atomic E-state index is 12.6. The van der Waals surface area contributed by atoms with Gasteiger partial charge < -0.3 is 14.7 Å². The summed E-state index contributed by atoms with van der Waals surface area (Å²) in [6.07, 6.45) is 6.55. The molecule has 1 aromatic heterocycles. The molecule has 2 aliphatic heterocycles. The van der Waals surface area contributed by atoms with E-state index in [-0.39, 0.29) is 0 Å². The van der Waals surface area contributed by atoms with Crippen molar-refractivity contribution in [1.29, 1.82) is 0 Å². The molecular formula is C21H36N4O2. The Balaban J connectivity index is 1.55. The van der Waals surface area contributed by atoms with Gasteiger partial charge in [0.25, 0.3) is 0 Å². The lowest BCUT2D eigenvalue weighted by Crippen LogP contribution is -2.41. The molecule has 0 aliphatic carbocycles. The van der Waals surface area contributed by atoms with Gasteiger partial charge in [0.1, 0.15) is 0 Å². The molecule has 0 radical (unpaired) electrons. The van der Waals surface area contributed by atoms with E-state index in [0.29, 0.717) is 24.2 Å². The van der Waals surface area contributed by atoms with Crippen molar-refractivity contribution in [3.8, 4) is 0 Å². The van der Waals surface area contributed by atoms with Gasteiger partial charge in [-0.2, -0.15) is 0 Å². The summed E-state index contributed by atoms with van der Waals surface area (Å²) >= 11 is 0. The second-order valence-electron chi connectivity index (χ2n) is 8.11. The predicted octanol–water partition coefficient (Wildman–Crippen LogP) is 2.69. The lowest BCUT2D eigenvalue weighted by atomic mass is 9.81. The maximum absolute atomic E-state index is 12.6. The number of aromatic nitrogens is 1. The van der Waals surface area contributed by atoms with Crippen molar-refractivity contribution in [3.05, 3.63) is 17.5 Å². The van der Waals surface area contributed by atoms with Gasteiger partial charge in [-0.1, -0.05) is 11.6 Å². The van der Waals surface area contributed by atoms with Gasteiger partial charge in [0.05, 0.1) is 12.2 Å². The van der Waals surface area contributed by atoms with E-state index in [2.05, 4.69) is 35.3 Å². The topological polar surface area (TPSA) is 61.6 Å². The Morgan fingerprint density at radius 3 is 2.78 bits per heavy atom. The Hall–Kier alpha value is -1.40. The maximum Gasteiger partial charge on any atom is 0.222 e. The van der Waals surface area contributed by atoms with Crippen LogP contribution in [-0.4, -0.2) is 60.1 Å². The van der Waals surface area contributed by atoms with E-state index in [1.54, 1.807) is 0 Å². The van der Waals surface area contributed by atoms with Crippen LogP contribution in [0.1, 0.15) is 57.4 Å². The third kappa shape index (κ3) is 5.79. The van der Waals surface area contributed by atoms with Gasteiger partial charge in [-0.3, -0.25) is 9.69 Å². The zero-order chi connectivity index (χ0) is 19.1. The van der Waals surface area contributed by atoms with Crippen LogP contribution in [0.5, 0.6) is 0 Å². The molecule has 1 amide bonds. The van der Waals surface area contributed by atoms with Crippen LogP contribution in [0.15, 0.2) is 10.6 Å². The molecule has 1 aromatic rings. The first-order chi connectivity index (χ1) is 13.2. The molecule has 2 unspecified atom stereocenters. The van der Waals surface area contributed by atoms with E-state index >= 15 is 0 Å². The van der Waals surface area contributed by atoms with E-state index < -0.39 is 0 Å². The van der Waals surface area contributed by atoms with E-state index in [1.807, 2.05) is 4.90 Å². The number of hydrogen-bond acceptors (Lipinski definition) is 5. The summed E-state index contributed by atoms with van der Waals surface area (Å²) < 4.78 is 5.61. The van der Waals surface area contributed by atoms with Crippen molar-refractivity contribution >= 4 is 5.91 Å². The average Bonchev–Trinajstić information content (AvgIpc) is 3.12. The van der Waals surface area contributed by atoms with E-state index in [0.717, 1.165) is 70.1 Å². The summed E-state index contributed by atoms with van der Waals surface area (Å²) in [6.45, 7) is 10.9. The quantitative estimate of drug-likeness (QED) is 0.756. The van der Waals surface area contributed by atoms with Crippen molar-refractivity contribution in [2.75, 3.05) is 39.3 Å². The molecule has 3 heterocycles. The predicted molar refractivity (Wildman–Crippen MR) is 106 cm³/mol. The largest absolute Gasteiger partial charge is 0.360 e. The minimum absolute atomic E-state index is 0.294. The summed E-state index contributed by atoms with van der Waals surface area (Å²) in [7, 11) is 0. The van der Waals surface area contributed by atoms with Crippen LogP contribution >= 0.6 is 0 Å². The van der Waals surface area contributed by atoms with Gasteiger partial charge in [-0.15, -0.1) is 0 Å². The zero-order valence-corrected chi connectivity index (χ0v) is 17.1. The number of nitrogens with one attached hydrogen (secondary N) is 1. The van der Waals surface area contributed by atoms with Gasteiger partial charge >= 0.3 is 0 Å². The van der Waals surface area contributed by atoms with Crippen LogP contribution in [-0.2, 0) is 17.8 Å². The minimum atomic E-state index is 0.294. The van der Waals surface area contributed by atoms with E-state index in [4.69, 9.17) is 4.52 Å². The molecule has 2 atom stereocenters. The number of carbonyl (C=O) groups is 1. The molecule has 2 fully saturated rings.